The maximum absolute atomic E-state index is 5.42. The van der Waals surface area contributed by atoms with Crippen LogP contribution in [0.5, 0.6) is 0 Å². The summed E-state index contributed by atoms with van der Waals surface area (Å²) < 4.78 is 5.42. The predicted octanol–water partition coefficient (Wildman–Crippen LogP) is 2.72. The van der Waals surface area contributed by atoms with Crippen molar-refractivity contribution in [2.24, 2.45) is 5.92 Å². The van der Waals surface area contributed by atoms with Gasteiger partial charge in [0, 0.05) is 19.2 Å². The Bertz CT molecular complexity index is 195. The molecule has 4 unspecified atom stereocenters. The maximum atomic E-state index is 5.42. The molecule has 2 heteroatoms. The van der Waals surface area contributed by atoms with Crippen molar-refractivity contribution in [3.05, 3.63) is 0 Å². The first-order valence-corrected chi connectivity index (χ1v) is 6.58. The first-order valence-electron chi connectivity index (χ1n) is 6.58. The van der Waals surface area contributed by atoms with E-state index in [4.69, 9.17) is 4.74 Å². The van der Waals surface area contributed by atoms with Crippen LogP contribution in [0.4, 0.5) is 0 Å². The summed E-state index contributed by atoms with van der Waals surface area (Å²) in [4.78, 5) is 0. The Labute approximate surface area is 93.8 Å². The molecule has 0 aromatic rings. The fraction of sp³-hybridized carbons (Fsp3) is 1.00. The second-order valence-electron chi connectivity index (χ2n) is 5.40. The van der Waals surface area contributed by atoms with Gasteiger partial charge in [-0.15, -0.1) is 0 Å². The quantitative estimate of drug-likeness (QED) is 0.775. The van der Waals surface area contributed by atoms with Gasteiger partial charge < -0.3 is 10.1 Å². The third-order valence-corrected chi connectivity index (χ3v) is 4.28. The summed E-state index contributed by atoms with van der Waals surface area (Å²) in [5, 5.41) is 3.85. The van der Waals surface area contributed by atoms with Gasteiger partial charge in [0.2, 0.25) is 0 Å². The SMILES string of the molecule is COC1CCC(NC2CCCCC2C)C1. The molecular formula is C13H25NO. The Morgan fingerprint density at radius 3 is 2.53 bits per heavy atom. The molecule has 88 valence electrons. The Hall–Kier alpha value is -0.0800. The molecule has 2 nitrogen and oxygen atoms in total. The highest BCUT2D eigenvalue weighted by Gasteiger charge is 2.29. The first-order chi connectivity index (χ1) is 7.29. The van der Waals surface area contributed by atoms with Crippen LogP contribution in [0.3, 0.4) is 0 Å². The van der Waals surface area contributed by atoms with Crippen molar-refractivity contribution in [3.8, 4) is 0 Å². The average molecular weight is 211 g/mol. The molecule has 2 aliphatic carbocycles. The smallest absolute Gasteiger partial charge is 0.0586 e. The highest BCUT2D eigenvalue weighted by molar-refractivity contribution is 4.87. The number of ether oxygens (including phenoxy) is 1. The minimum Gasteiger partial charge on any atom is -0.381 e. The van der Waals surface area contributed by atoms with E-state index >= 15 is 0 Å². The summed E-state index contributed by atoms with van der Waals surface area (Å²) in [5.41, 5.74) is 0. The maximum Gasteiger partial charge on any atom is 0.0586 e. The Morgan fingerprint density at radius 1 is 1.07 bits per heavy atom. The molecule has 0 amide bonds. The van der Waals surface area contributed by atoms with Crippen LogP contribution >= 0.6 is 0 Å². The second kappa shape index (κ2) is 5.31. The lowest BCUT2D eigenvalue weighted by Gasteiger charge is -2.32. The van der Waals surface area contributed by atoms with Crippen LogP contribution in [0.15, 0.2) is 0 Å². The molecule has 2 saturated carbocycles. The molecule has 0 saturated heterocycles. The van der Waals surface area contributed by atoms with Crippen molar-refractivity contribution >= 4 is 0 Å². The standard InChI is InChI=1S/C13H25NO/c1-10-5-3-4-6-13(10)14-11-7-8-12(9-11)15-2/h10-14H,3-9H2,1-2H3. The fourth-order valence-corrected chi connectivity index (χ4v) is 3.17. The van der Waals surface area contributed by atoms with E-state index in [9.17, 15) is 0 Å². The summed E-state index contributed by atoms with van der Waals surface area (Å²) in [6, 6.07) is 1.50. The van der Waals surface area contributed by atoms with E-state index in [1.807, 2.05) is 7.11 Å². The van der Waals surface area contributed by atoms with Gasteiger partial charge in [0.1, 0.15) is 0 Å². The summed E-state index contributed by atoms with van der Waals surface area (Å²) in [5.74, 6) is 0.875. The largest absolute Gasteiger partial charge is 0.381 e. The van der Waals surface area contributed by atoms with E-state index < -0.39 is 0 Å². The lowest BCUT2D eigenvalue weighted by molar-refractivity contribution is 0.105. The van der Waals surface area contributed by atoms with Crippen LogP contribution in [0.2, 0.25) is 0 Å². The van der Waals surface area contributed by atoms with Crippen LogP contribution in [-0.4, -0.2) is 25.3 Å². The molecule has 15 heavy (non-hydrogen) atoms. The van der Waals surface area contributed by atoms with Crippen LogP contribution in [0.25, 0.3) is 0 Å². The molecule has 1 N–H and O–H groups in total. The van der Waals surface area contributed by atoms with Crippen LogP contribution in [0, 0.1) is 5.92 Å². The molecule has 4 atom stereocenters. The Kier molecular flexibility index (Phi) is 4.04. The normalized spacial score (nSPS) is 42.0. The number of hydrogen-bond acceptors (Lipinski definition) is 2. The Morgan fingerprint density at radius 2 is 1.87 bits per heavy atom. The highest BCUT2D eigenvalue weighted by atomic mass is 16.5. The lowest BCUT2D eigenvalue weighted by Crippen LogP contribution is -2.42. The van der Waals surface area contributed by atoms with Crippen LogP contribution in [-0.2, 0) is 4.74 Å². The topological polar surface area (TPSA) is 21.3 Å². The van der Waals surface area contributed by atoms with Crippen molar-refractivity contribution in [2.75, 3.05) is 7.11 Å². The second-order valence-corrected chi connectivity index (χ2v) is 5.40. The molecule has 0 bridgehead atoms. The van der Waals surface area contributed by atoms with Gasteiger partial charge in [0.15, 0.2) is 0 Å². The lowest BCUT2D eigenvalue weighted by atomic mass is 9.85. The van der Waals surface area contributed by atoms with Crippen molar-refractivity contribution in [1.29, 1.82) is 0 Å². The van der Waals surface area contributed by atoms with Gasteiger partial charge in [0.25, 0.3) is 0 Å². The van der Waals surface area contributed by atoms with E-state index in [2.05, 4.69) is 12.2 Å². The molecular weight excluding hydrogens is 186 g/mol. The summed E-state index contributed by atoms with van der Waals surface area (Å²) in [6.07, 6.45) is 9.94. The monoisotopic (exact) mass is 211 g/mol. The zero-order valence-corrected chi connectivity index (χ0v) is 10.2. The van der Waals surface area contributed by atoms with Crippen molar-refractivity contribution < 1.29 is 4.74 Å². The van der Waals surface area contributed by atoms with E-state index in [-0.39, 0.29) is 0 Å². The van der Waals surface area contributed by atoms with Crippen LogP contribution in [0.1, 0.15) is 51.9 Å². The van der Waals surface area contributed by atoms with Crippen LogP contribution < -0.4 is 5.32 Å². The van der Waals surface area contributed by atoms with Crippen molar-refractivity contribution in [2.45, 2.75) is 70.1 Å². The molecule has 0 aromatic carbocycles. The highest BCUT2D eigenvalue weighted by Crippen LogP contribution is 2.27. The van der Waals surface area contributed by atoms with Gasteiger partial charge in [-0.3, -0.25) is 0 Å². The van der Waals surface area contributed by atoms with Gasteiger partial charge in [-0.1, -0.05) is 19.8 Å². The van der Waals surface area contributed by atoms with E-state index in [0.29, 0.717) is 6.10 Å². The number of methoxy groups -OCH3 is 1. The van der Waals surface area contributed by atoms with E-state index in [1.54, 1.807) is 0 Å². The van der Waals surface area contributed by atoms with Gasteiger partial charge in [-0.05, 0) is 38.0 Å². The van der Waals surface area contributed by atoms with Gasteiger partial charge in [-0.2, -0.15) is 0 Å². The number of rotatable bonds is 3. The van der Waals surface area contributed by atoms with Crippen molar-refractivity contribution in [3.63, 3.8) is 0 Å². The van der Waals surface area contributed by atoms with Gasteiger partial charge >= 0.3 is 0 Å². The molecule has 0 spiro atoms. The molecule has 0 heterocycles. The summed E-state index contributed by atoms with van der Waals surface area (Å²) in [6.45, 7) is 2.40. The predicted molar refractivity (Wildman–Crippen MR) is 63.0 cm³/mol. The third-order valence-electron chi connectivity index (χ3n) is 4.28. The number of hydrogen-bond donors (Lipinski definition) is 1. The zero-order valence-electron chi connectivity index (χ0n) is 10.2. The molecule has 0 radical (unpaired) electrons. The molecule has 2 fully saturated rings. The van der Waals surface area contributed by atoms with Gasteiger partial charge in [-0.25, -0.2) is 0 Å². The molecule has 2 rings (SSSR count). The molecule has 0 aliphatic heterocycles. The van der Waals surface area contributed by atoms with E-state index in [0.717, 1.165) is 18.0 Å². The summed E-state index contributed by atoms with van der Waals surface area (Å²) in [7, 11) is 1.84. The zero-order chi connectivity index (χ0) is 10.7. The van der Waals surface area contributed by atoms with E-state index in [1.165, 1.54) is 44.9 Å². The Balaban J connectivity index is 1.76. The van der Waals surface area contributed by atoms with Gasteiger partial charge in [0.05, 0.1) is 6.10 Å². The molecule has 0 aromatic heterocycles. The number of nitrogens with one attached hydrogen (secondary N) is 1. The summed E-state index contributed by atoms with van der Waals surface area (Å²) >= 11 is 0. The third kappa shape index (κ3) is 2.94. The van der Waals surface area contributed by atoms with Crippen molar-refractivity contribution in [1.82, 2.24) is 5.32 Å². The minimum absolute atomic E-state index is 0.515. The first kappa shape index (κ1) is 11.4. The molecule has 2 aliphatic rings. The average Bonchev–Trinajstić information content (AvgIpc) is 2.69. The minimum atomic E-state index is 0.515. The fourth-order valence-electron chi connectivity index (χ4n) is 3.17.